The summed E-state index contributed by atoms with van der Waals surface area (Å²) < 4.78 is 0. The number of anilines is 1. The van der Waals surface area contributed by atoms with Crippen molar-refractivity contribution < 1.29 is 0 Å². The third-order valence-corrected chi connectivity index (χ3v) is 4.50. The number of nitrogens with one attached hydrogen (secondary N) is 1. The summed E-state index contributed by atoms with van der Waals surface area (Å²) in [6, 6.07) is 8.72. The molecular weight excluding hydrogens is 260 g/mol. The molecule has 0 radical (unpaired) electrons. The van der Waals surface area contributed by atoms with Crippen LogP contribution < -0.4 is 5.32 Å². The first kappa shape index (κ1) is 15.3. The highest BCUT2D eigenvalue weighted by molar-refractivity contribution is 7.99. The van der Waals surface area contributed by atoms with E-state index in [-0.39, 0.29) is 0 Å². The summed E-state index contributed by atoms with van der Waals surface area (Å²) in [6.45, 7) is 6.42. The first-order valence-electron chi connectivity index (χ1n) is 6.23. The van der Waals surface area contributed by atoms with Crippen LogP contribution in [0.1, 0.15) is 26.3 Å². The lowest BCUT2D eigenvalue weighted by atomic mass is 10.2. The summed E-state index contributed by atoms with van der Waals surface area (Å²) in [5, 5.41) is 12.7. The molecule has 0 spiro atoms. The van der Waals surface area contributed by atoms with Crippen LogP contribution in [-0.4, -0.2) is 23.3 Å². The Bertz CT molecular complexity index is 413. The fourth-order valence-corrected chi connectivity index (χ4v) is 3.10. The van der Waals surface area contributed by atoms with Gasteiger partial charge in [-0.1, -0.05) is 19.9 Å². The second-order valence-corrected chi connectivity index (χ2v) is 6.55. The van der Waals surface area contributed by atoms with Crippen LogP contribution in [0.5, 0.6) is 0 Å². The number of benzene rings is 1. The minimum absolute atomic E-state index is 0.379. The van der Waals surface area contributed by atoms with E-state index in [1.54, 1.807) is 11.8 Å². The van der Waals surface area contributed by atoms with Crippen molar-refractivity contribution in [2.45, 2.75) is 31.7 Å². The van der Waals surface area contributed by atoms with E-state index in [9.17, 15) is 5.26 Å². The second-order valence-electron chi connectivity index (χ2n) is 3.93. The average Bonchev–Trinajstić information content (AvgIpc) is 2.37. The predicted molar refractivity (Wildman–Crippen MR) is 83.6 cm³/mol. The lowest BCUT2D eigenvalue weighted by Crippen LogP contribution is -2.18. The third kappa shape index (κ3) is 4.47. The molecule has 0 aromatic heterocycles. The Kier molecular flexibility index (Phi) is 7.07. The van der Waals surface area contributed by atoms with Gasteiger partial charge in [0.1, 0.15) is 6.07 Å². The summed E-state index contributed by atoms with van der Waals surface area (Å²) >= 11 is 3.63. The molecule has 0 heterocycles. The van der Waals surface area contributed by atoms with Gasteiger partial charge in [0.25, 0.3) is 0 Å². The maximum Gasteiger partial charge on any atom is 0.102 e. The van der Waals surface area contributed by atoms with E-state index in [0.717, 1.165) is 33.4 Å². The summed E-state index contributed by atoms with van der Waals surface area (Å²) in [4.78, 5) is 1.07. The topological polar surface area (TPSA) is 35.8 Å². The first-order chi connectivity index (χ1) is 8.72. The van der Waals surface area contributed by atoms with Gasteiger partial charge in [-0.25, -0.2) is 0 Å². The number of thioether (sulfide) groups is 2. The van der Waals surface area contributed by atoms with Gasteiger partial charge in [-0.15, -0.1) is 11.8 Å². The van der Waals surface area contributed by atoms with Gasteiger partial charge in [-0.2, -0.15) is 17.0 Å². The van der Waals surface area contributed by atoms with E-state index in [2.05, 4.69) is 32.2 Å². The number of hydrogen-bond donors (Lipinski definition) is 1. The third-order valence-electron chi connectivity index (χ3n) is 2.41. The molecule has 1 aromatic carbocycles. The van der Waals surface area contributed by atoms with Crippen LogP contribution >= 0.6 is 23.5 Å². The molecule has 0 aliphatic rings. The number of nitriles is 1. The van der Waals surface area contributed by atoms with Gasteiger partial charge in [-0.05, 0) is 30.6 Å². The quantitative estimate of drug-likeness (QED) is 0.758. The molecule has 0 fully saturated rings. The van der Waals surface area contributed by atoms with Crippen molar-refractivity contribution in [3.8, 4) is 6.07 Å². The van der Waals surface area contributed by atoms with Gasteiger partial charge in [0.05, 0.1) is 11.3 Å². The molecule has 0 saturated heterocycles. The highest BCUT2D eigenvalue weighted by Gasteiger charge is 2.10. The number of hydrogen-bond acceptors (Lipinski definition) is 4. The lowest BCUT2D eigenvalue weighted by molar-refractivity contribution is 0.911. The van der Waals surface area contributed by atoms with Crippen LogP contribution in [-0.2, 0) is 0 Å². The van der Waals surface area contributed by atoms with Gasteiger partial charge < -0.3 is 5.32 Å². The van der Waals surface area contributed by atoms with Crippen LogP contribution in [0, 0.1) is 11.3 Å². The zero-order valence-corrected chi connectivity index (χ0v) is 12.8. The SMILES string of the molecule is CCSCC(C)Nc1cccc(SCC)c1C#N. The van der Waals surface area contributed by atoms with E-state index in [1.807, 2.05) is 30.0 Å². The maximum atomic E-state index is 9.31. The molecule has 1 aromatic rings. The van der Waals surface area contributed by atoms with Crippen molar-refractivity contribution >= 4 is 29.2 Å². The Morgan fingerprint density at radius 2 is 2.11 bits per heavy atom. The van der Waals surface area contributed by atoms with Crippen LogP contribution in [0.15, 0.2) is 23.1 Å². The molecule has 1 unspecified atom stereocenters. The zero-order valence-electron chi connectivity index (χ0n) is 11.2. The average molecular weight is 280 g/mol. The Morgan fingerprint density at radius 1 is 1.33 bits per heavy atom. The summed E-state index contributed by atoms with van der Waals surface area (Å²) in [6.07, 6.45) is 0. The number of rotatable bonds is 7. The van der Waals surface area contributed by atoms with Crippen molar-refractivity contribution in [1.29, 1.82) is 5.26 Å². The van der Waals surface area contributed by atoms with Crippen LogP contribution in [0.3, 0.4) is 0 Å². The normalized spacial score (nSPS) is 11.9. The predicted octanol–water partition coefficient (Wildman–Crippen LogP) is 4.22. The summed E-state index contributed by atoms with van der Waals surface area (Å²) in [7, 11) is 0. The Hall–Kier alpha value is -0.790. The van der Waals surface area contributed by atoms with E-state index in [1.165, 1.54) is 0 Å². The lowest BCUT2D eigenvalue weighted by Gasteiger charge is -2.16. The van der Waals surface area contributed by atoms with Gasteiger partial charge >= 0.3 is 0 Å². The molecule has 1 N–H and O–H groups in total. The van der Waals surface area contributed by atoms with Crippen LogP contribution in [0.25, 0.3) is 0 Å². The van der Waals surface area contributed by atoms with Crippen molar-refractivity contribution in [2.75, 3.05) is 22.6 Å². The molecule has 1 rings (SSSR count). The van der Waals surface area contributed by atoms with Gasteiger partial charge in [0.15, 0.2) is 0 Å². The standard InChI is InChI=1S/C14H20N2S2/c1-4-17-10-11(3)16-13-7-6-8-14(18-5-2)12(13)9-15/h6-8,11,16H,4-5,10H2,1-3H3. The van der Waals surface area contributed by atoms with E-state index in [0.29, 0.717) is 6.04 Å². The molecule has 2 nitrogen and oxygen atoms in total. The highest BCUT2D eigenvalue weighted by atomic mass is 32.2. The summed E-state index contributed by atoms with van der Waals surface area (Å²) in [5.74, 6) is 3.18. The van der Waals surface area contributed by atoms with Crippen molar-refractivity contribution in [2.24, 2.45) is 0 Å². The number of nitrogens with zero attached hydrogens (tertiary/aromatic N) is 1. The molecule has 0 saturated carbocycles. The summed E-state index contributed by atoms with van der Waals surface area (Å²) in [5.41, 5.74) is 1.73. The fraction of sp³-hybridized carbons (Fsp3) is 0.500. The minimum Gasteiger partial charge on any atom is -0.381 e. The van der Waals surface area contributed by atoms with Gasteiger partial charge in [-0.3, -0.25) is 0 Å². The largest absolute Gasteiger partial charge is 0.381 e. The first-order valence-corrected chi connectivity index (χ1v) is 8.37. The molecule has 4 heteroatoms. The Labute approximate surface area is 119 Å². The monoisotopic (exact) mass is 280 g/mol. The van der Waals surface area contributed by atoms with E-state index >= 15 is 0 Å². The molecular formula is C14H20N2S2. The van der Waals surface area contributed by atoms with Crippen molar-refractivity contribution in [3.05, 3.63) is 23.8 Å². The fourth-order valence-electron chi connectivity index (χ4n) is 1.64. The zero-order chi connectivity index (χ0) is 13.4. The maximum absolute atomic E-state index is 9.31. The second kappa shape index (κ2) is 8.34. The molecule has 98 valence electrons. The smallest absolute Gasteiger partial charge is 0.102 e. The molecule has 18 heavy (non-hydrogen) atoms. The molecule has 0 bridgehead atoms. The van der Waals surface area contributed by atoms with Crippen LogP contribution in [0.2, 0.25) is 0 Å². The Balaban J connectivity index is 2.82. The van der Waals surface area contributed by atoms with Gasteiger partial charge in [0, 0.05) is 16.7 Å². The van der Waals surface area contributed by atoms with Crippen molar-refractivity contribution in [1.82, 2.24) is 0 Å². The molecule has 0 aliphatic heterocycles. The van der Waals surface area contributed by atoms with E-state index < -0.39 is 0 Å². The molecule has 1 atom stereocenters. The van der Waals surface area contributed by atoms with E-state index in [4.69, 9.17) is 0 Å². The molecule has 0 amide bonds. The van der Waals surface area contributed by atoms with Crippen molar-refractivity contribution in [3.63, 3.8) is 0 Å². The Morgan fingerprint density at radius 3 is 2.72 bits per heavy atom. The minimum atomic E-state index is 0.379. The highest BCUT2D eigenvalue weighted by Crippen LogP contribution is 2.28. The molecule has 0 aliphatic carbocycles. The van der Waals surface area contributed by atoms with Crippen LogP contribution in [0.4, 0.5) is 5.69 Å². The van der Waals surface area contributed by atoms with Gasteiger partial charge in [0.2, 0.25) is 0 Å².